The van der Waals surface area contributed by atoms with Crippen molar-refractivity contribution in [1.29, 1.82) is 0 Å². The summed E-state index contributed by atoms with van der Waals surface area (Å²) in [5.74, 6) is 0.836. The van der Waals surface area contributed by atoms with Gasteiger partial charge in [-0.3, -0.25) is 4.79 Å². The molecule has 22 heavy (non-hydrogen) atoms. The van der Waals surface area contributed by atoms with E-state index in [0.29, 0.717) is 12.3 Å². The summed E-state index contributed by atoms with van der Waals surface area (Å²) in [6, 6.07) is 11.6. The minimum Gasteiger partial charge on any atom is -0.456 e. The topological polar surface area (TPSA) is 68.0 Å². The molecule has 0 atom stereocenters. The quantitative estimate of drug-likeness (QED) is 0.802. The van der Waals surface area contributed by atoms with Gasteiger partial charge in [0.25, 0.3) is 5.91 Å². The van der Waals surface area contributed by atoms with Crippen LogP contribution in [0, 0.1) is 13.8 Å². The van der Waals surface area contributed by atoms with Gasteiger partial charge in [0.2, 0.25) is 0 Å². The van der Waals surface area contributed by atoms with Gasteiger partial charge in [0, 0.05) is 5.56 Å². The molecule has 1 aromatic carbocycles. The molecule has 5 nitrogen and oxygen atoms in total. The van der Waals surface area contributed by atoms with E-state index in [-0.39, 0.29) is 5.91 Å². The van der Waals surface area contributed by atoms with Gasteiger partial charge < -0.3 is 9.73 Å². The van der Waals surface area contributed by atoms with Gasteiger partial charge in [0.05, 0.1) is 6.54 Å². The van der Waals surface area contributed by atoms with Crippen LogP contribution in [0.25, 0.3) is 10.6 Å². The number of amides is 1. The summed E-state index contributed by atoms with van der Waals surface area (Å²) in [6.45, 7) is 4.08. The molecule has 1 amide bonds. The lowest BCUT2D eigenvalue weighted by Gasteiger charge is -1.98. The highest BCUT2D eigenvalue weighted by molar-refractivity contribution is 7.14. The minimum absolute atomic E-state index is 0.243. The molecule has 1 N–H and O–H groups in total. The van der Waals surface area contributed by atoms with E-state index in [9.17, 15) is 4.79 Å². The Labute approximate surface area is 132 Å². The SMILES string of the molecule is Cc1cc(C(=O)NCc2nnc(-c3ccccc3)s2)oc1C. The second-order valence-corrected chi connectivity index (χ2v) is 5.96. The molecule has 0 aliphatic heterocycles. The van der Waals surface area contributed by atoms with Gasteiger partial charge >= 0.3 is 0 Å². The molecule has 3 rings (SSSR count). The van der Waals surface area contributed by atoms with Crippen molar-refractivity contribution in [3.63, 3.8) is 0 Å². The maximum atomic E-state index is 12.0. The maximum Gasteiger partial charge on any atom is 0.287 e. The highest BCUT2D eigenvalue weighted by atomic mass is 32.1. The van der Waals surface area contributed by atoms with Crippen LogP contribution in [0.15, 0.2) is 40.8 Å². The van der Waals surface area contributed by atoms with Gasteiger partial charge in [-0.2, -0.15) is 0 Å². The molecule has 0 radical (unpaired) electrons. The van der Waals surface area contributed by atoms with Crippen LogP contribution in [0.5, 0.6) is 0 Å². The number of hydrogen-bond donors (Lipinski definition) is 1. The fourth-order valence-corrected chi connectivity index (χ4v) is 2.74. The largest absolute Gasteiger partial charge is 0.456 e. The van der Waals surface area contributed by atoms with Crippen molar-refractivity contribution in [1.82, 2.24) is 15.5 Å². The molecule has 112 valence electrons. The van der Waals surface area contributed by atoms with Gasteiger partial charge in [-0.25, -0.2) is 0 Å². The summed E-state index contributed by atoms with van der Waals surface area (Å²) in [7, 11) is 0. The Morgan fingerprint density at radius 2 is 2.00 bits per heavy atom. The van der Waals surface area contributed by atoms with Crippen LogP contribution in [-0.2, 0) is 6.54 Å². The number of aryl methyl sites for hydroxylation is 2. The number of carbonyl (C=O) groups is 1. The fourth-order valence-electron chi connectivity index (χ4n) is 1.95. The summed E-state index contributed by atoms with van der Waals surface area (Å²) < 4.78 is 5.39. The molecule has 2 aromatic heterocycles. The van der Waals surface area contributed by atoms with Crippen molar-refractivity contribution >= 4 is 17.2 Å². The summed E-state index contributed by atoms with van der Waals surface area (Å²) in [6.07, 6.45) is 0. The second kappa shape index (κ2) is 6.11. The van der Waals surface area contributed by atoms with E-state index in [2.05, 4.69) is 15.5 Å². The molecule has 6 heteroatoms. The van der Waals surface area contributed by atoms with Gasteiger partial charge in [0.15, 0.2) is 5.76 Å². The molecular weight excluding hydrogens is 298 g/mol. The van der Waals surface area contributed by atoms with Crippen molar-refractivity contribution < 1.29 is 9.21 Å². The van der Waals surface area contributed by atoms with Crippen molar-refractivity contribution in [3.8, 4) is 10.6 Å². The predicted molar refractivity (Wildman–Crippen MR) is 84.7 cm³/mol. The molecule has 0 fully saturated rings. The first-order valence-corrected chi connectivity index (χ1v) is 7.68. The molecule has 0 saturated carbocycles. The Morgan fingerprint density at radius 1 is 1.23 bits per heavy atom. The monoisotopic (exact) mass is 313 g/mol. The minimum atomic E-state index is -0.243. The van der Waals surface area contributed by atoms with Gasteiger partial charge in [0.1, 0.15) is 15.8 Å². The Kier molecular flexibility index (Phi) is 4.02. The number of nitrogens with zero attached hydrogens (tertiary/aromatic N) is 2. The zero-order chi connectivity index (χ0) is 15.5. The number of hydrogen-bond acceptors (Lipinski definition) is 5. The third-order valence-electron chi connectivity index (χ3n) is 3.28. The van der Waals surface area contributed by atoms with Gasteiger partial charge in [-0.1, -0.05) is 41.7 Å². The second-order valence-electron chi connectivity index (χ2n) is 4.90. The number of benzene rings is 1. The molecule has 0 unspecified atom stereocenters. The first kappa shape index (κ1) is 14.5. The summed E-state index contributed by atoms with van der Waals surface area (Å²) >= 11 is 1.46. The summed E-state index contributed by atoms with van der Waals surface area (Å²) in [5.41, 5.74) is 1.99. The molecule has 0 aliphatic carbocycles. The number of aromatic nitrogens is 2. The van der Waals surface area contributed by atoms with Gasteiger partial charge in [-0.15, -0.1) is 10.2 Å². The zero-order valence-corrected chi connectivity index (χ0v) is 13.1. The Bertz CT molecular complexity index is 773. The van der Waals surface area contributed by atoms with Crippen molar-refractivity contribution in [2.24, 2.45) is 0 Å². The number of furan rings is 1. The molecule has 0 saturated heterocycles. The van der Waals surface area contributed by atoms with E-state index in [1.54, 1.807) is 6.07 Å². The third kappa shape index (κ3) is 3.07. The highest BCUT2D eigenvalue weighted by Crippen LogP contribution is 2.23. The van der Waals surface area contributed by atoms with E-state index in [1.807, 2.05) is 44.2 Å². The molecular formula is C16H15N3O2S. The summed E-state index contributed by atoms with van der Waals surface area (Å²) in [4.78, 5) is 12.0. The van der Waals surface area contributed by atoms with Crippen LogP contribution in [0.3, 0.4) is 0 Å². The number of nitrogens with one attached hydrogen (secondary N) is 1. The number of carbonyl (C=O) groups excluding carboxylic acids is 1. The number of rotatable bonds is 4. The fraction of sp³-hybridized carbons (Fsp3) is 0.188. The first-order valence-electron chi connectivity index (χ1n) is 6.86. The average Bonchev–Trinajstić information content (AvgIpc) is 3.13. The van der Waals surface area contributed by atoms with Crippen LogP contribution >= 0.6 is 11.3 Å². The molecule has 3 aromatic rings. The standard InChI is InChI=1S/C16H15N3O2S/c1-10-8-13(21-11(10)2)15(20)17-9-14-18-19-16(22-14)12-6-4-3-5-7-12/h3-8H,9H2,1-2H3,(H,17,20). The van der Waals surface area contributed by atoms with E-state index >= 15 is 0 Å². The molecule has 2 heterocycles. The lowest BCUT2D eigenvalue weighted by atomic mass is 10.2. The van der Waals surface area contributed by atoms with E-state index in [0.717, 1.165) is 26.9 Å². The lowest BCUT2D eigenvalue weighted by molar-refractivity contribution is 0.0922. The van der Waals surface area contributed by atoms with Crippen LogP contribution in [0.4, 0.5) is 0 Å². The normalized spacial score (nSPS) is 10.6. The van der Waals surface area contributed by atoms with E-state index < -0.39 is 0 Å². The zero-order valence-electron chi connectivity index (χ0n) is 12.3. The van der Waals surface area contributed by atoms with Crippen molar-refractivity contribution in [2.45, 2.75) is 20.4 Å². The third-order valence-corrected chi connectivity index (χ3v) is 4.25. The van der Waals surface area contributed by atoms with E-state index in [1.165, 1.54) is 11.3 Å². The van der Waals surface area contributed by atoms with Crippen molar-refractivity contribution in [3.05, 3.63) is 58.5 Å². The molecule has 0 bridgehead atoms. The predicted octanol–water partition coefficient (Wildman–Crippen LogP) is 3.34. The van der Waals surface area contributed by atoms with Crippen LogP contribution < -0.4 is 5.32 Å². The van der Waals surface area contributed by atoms with Gasteiger partial charge in [-0.05, 0) is 25.5 Å². The Balaban J connectivity index is 1.65. The van der Waals surface area contributed by atoms with Crippen molar-refractivity contribution in [2.75, 3.05) is 0 Å². The van der Waals surface area contributed by atoms with Crippen LogP contribution in [-0.4, -0.2) is 16.1 Å². The average molecular weight is 313 g/mol. The summed E-state index contributed by atoms with van der Waals surface area (Å²) in [5, 5.41) is 12.6. The lowest BCUT2D eigenvalue weighted by Crippen LogP contribution is -2.22. The van der Waals surface area contributed by atoms with Crippen LogP contribution in [0.1, 0.15) is 26.9 Å². The Morgan fingerprint density at radius 3 is 2.68 bits per heavy atom. The van der Waals surface area contributed by atoms with Crippen LogP contribution in [0.2, 0.25) is 0 Å². The highest BCUT2D eigenvalue weighted by Gasteiger charge is 2.13. The molecule has 0 spiro atoms. The first-order chi connectivity index (χ1) is 10.6. The smallest absolute Gasteiger partial charge is 0.287 e. The molecule has 0 aliphatic rings. The van der Waals surface area contributed by atoms with E-state index in [4.69, 9.17) is 4.42 Å². The maximum absolute atomic E-state index is 12.0. The Hall–Kier alpha value is -2.47.